The normalized spacial score (nSPS) is 11.7. The van der Waals surface area contributed by atoms with Crippen LogP contribution in [0.15, 0.2) is 24.3 Å². The van der Waals surface area contributed by atoms with Crippen molar-refractivity contribution in [3.8, 4) is 11.5 Å². The summed E-state index contributed by atoms with van der Waals surface area (Å²) in [6.45, 7) is 5.71. The van der Waals surface area contributed by atoms with E-state index >= 15 is 0 Å². The molecule has 1 heterocycles. The van der Waals surface area contributed by atoms with E-state index in [1.165, 1.54) is 0 Å². The summed E-state index contributed by atoms with van der Waals surface area (Å²) in [6, 6.07) is 6.85. The average molecular weight is 330 g/mol. The molecule has 1 aromatic heterocycles. The first-order valence-electron chi connectivity index (χ1n) is 7.58. The molecule has 2 N–H and O–H groups in total. The van der Waals surface area contributed by atoms with E-state index in [9.17, 15) is 9.90 Å². The standard InChI is InChI=1S/C18H22N2O4/c1-10-6-7-14(18(21)22)17(19-10)20-12(3)13-8-9-15(23-4)16(24-5)11(13)2/h6-9,12H,1-5H3,(H,19,20)(H,21,22). The third kappa shape index (κ3) is 3.42. The molecule has 1 unspecified atom stereocenters. The molecule has 0 saturated carbocycles. The van der Waals surface area contributed by atoms with E-state index in [1.807, 2.05) is 32.9 Å². The zero-order valence-electron chi connectivity index (χ0n) is 14.5. The molecule has 128 valence electrons. The van der Waals surface area contributed by atoms with Crippen molar-refractivity contribution in [2.45, 2.75) is 26.8 Å². The average Bonchev–Trinajstić information content (AvgIpc) is 2.53. The smallest absolute Gasteiger partial charge is 0.339 e. The van der Waals surface area contributed by atoms with Gasteiger partial charge in [-0.25, -0.2) is 9.78 Å². The summed E-state index contributed by atoms with van der Waals surface area (Å²) in [5.41, 5.74) is 2.80. The van der Waals surface area contributed by atoms with Crippen molar-refractivity contribution in [2.24, 2.45) is 0 Å². The number of carboxylic acid groups (broad SMARTS) is 1. The highest BCUT2D eigenvalue weighted by Crippen LogP contribution is 2.36. The lowest BCUT2D eigenvalue weighted by Gasteiger charge is -2.21. The van der Waals surface area contributed by atoms with Crippen LogP contribution < -0.4 is 14.8 Å². The molecule has 1 aromatic carbocycles. The van der Waals surface area contributed by atoms with Crippen molar-refractivity contribution in [1.29, 1.82) is 0 Å². The third-order valence-corrected chi connectivity index (χ3v) is 3.92. The van der Waals surface area contributed by atoms with Gasteiger partial charge in [-0.05, 0) is 44.5 Å². The summed E-state index contributed by atoms with van der Waals surface area (Å²) in [7, 11) is 3.19. The Morgan fingerprint density at radius 1 is 1.17 bits per heavy atom. The van der Waals surface area contributed by atoms with Gasteiger partial charge in [0.15, 0.2) is 11.5 Å². The number of anilines is 1. The Labute approximate surface area is 141 Å². The number of pyridine rings is 1. The number of aromatic carboxylic acids is 1. The minimum atomic E-state index is -1.01. The molecule has 0 radical (unpaired) electrons. The number of ether oxygens (including phenoxy) is 2. The lowest BCUT2D eigenvalue weighted by Crippen LogP contribution is -2.14. The Kier molecular flexibility index (Phi) is 5.28. The van der Waals surface area contributed by atoms with Gasteiger partial charge in [0, 0.05) is 11.3 Å². The SMILES string of the molecule is COc1ccc(C(C)Nc2nc(C)ccc2C(=O)O)c(C)c1OC. The van der Waals surface area contributed by atoms with Crippen LogP contribution in [0.4, 0.5) is 5.82 Å². The molecular weight excluding hydrogens is 308 g/mol. The molecule has 0 amide bonds. The molecule has 0 bridgehead atoms. The summed E-state index contributed by atoms with van der Waals surface area (Å²) in [5.74, 6) is 0.663. The van der Waals surface area contributed by atoms with Crippen LogP contribution in [0.5, 0.6) is 11.5 Å². The first-order valence-corrected chi connectivity index (χ1v) is 7.58. The maximum absolute atomic E-state index is 11.4. The number of carboxylic acids is 1. The number of rotatable bonds is 6. The molecule has 0 aliphatic carbocycles. The number of benzene rings is 1. The van der Waals surface area contributed by atoms with Gasteiger partial charge in [-0.3, -0.25) is 0 Å². The number of hydrogen-bond donors (Lipinski definition) is 2. The molecule has 6 heteroatoms. The highest BCUT2D eigenvalue weighted by atomic mass is 16.5. The van der Waals surface area contributed by atoms with Gasteiger partial charge in [-0.15, -0.1) is 0 Å². The number of carbonyl (C=O) groups is 1. The predicted octanol–water partition coefficient (Wildman–Crippen LogP) is 3.59. The molecule has 0 fully saturated rings. The minimum Gasteiger partial charge on any atom is -0.493 e. The van der Waals surface area contributed by atoms with Crippen molar-refractivity contribution in [2.75, 3.05) is 19.5 Å². The first kappa shape index (κ1) is 17.6. The van der Waals surface area contributed by atoms with E-state index in [2.05, 4.69) is 10.3 Å². The van der Waals surface area contributed by atoms with Gasteiger partial charge in [-0.2, -0.15) is 0 Å². The highest BCUT2D eigenvalue weighted by Gasteiger charge is 2.18. The monoisotopic (exact) mass is 330 g/mol. The molecular formula is C18H22N2O4. The van der Waals surface area contributed by atoms with E-state index < -0.39 is 5.97 Å². The van der Waals surface area contributed by atoms with Crippen LogP contribution in [0.1, 0.15) is 40.1 Å². The van der Waals surface area contributed by atoms with E-state index in [-0.39, 0.29) is 11.6 Å². The molecule has 2 rings (SSSR count). The molecule has 6 nitrogen and oxygen atoms in total. The van der Waals surface area contributed by atoms with Crippen LogP contribution in [0.3, 0.4) is 0 Å². The molecule has 0 spiro atoms. The maximum atomic E-state index is 11.4. The summed E-state index contributed by atoms with van der Waals surface area (Å²) in [4.78, 5) is 15.7. The summed E-state index contributed by atoms with van der Waals surface area (Å²) >= 11 is 0. The molecule has 2 aromatic rings. The van der Waals surface area contributed by atoms with Crippen LogP contribution >= 0.6 is 0 Å². The van der Waals surface area contributed by atoms with E-state index in [0.29, 0.717) is 17.3 Å². The fourth-order valence-electron chi connectivity index (χ4n) is 2.69. The summed E-state index contributed by atoms with van der Waals surface area (Å²) < 4.78 is 10.7. The maximum Gasteiger partial charge on any atom is 0.339 e. The van der Waals surface area contributed by atoms with Crippen molar-refractivity contribution < 1.29 is 19.4 Å². The number of nitrogens with zero attached hydrogens (tertiary/aromatic N) is 1. The Hall–Kier alpha value is -2.76. The number of nitrogens with one attached hydrogen (secondary N) is 1. The zero-order chi connectivity index (χ0) is 17.9. The van der Waals surface area contributed by atoms with Crippen LogP contribution in [0.25, 0.3) is 0 Å². The van der Waals surface area contributed by atoms with E-state index in [1.54, 1.807) is 26.4 Å². The van der Waals surface area contributed by atoms with Gasteiger partial charge >= 0.3 is 5.97 Å². The number of methoxy groups -OCH3 is 2. The fraction of sp³-hybridized carbons (Fsp3) is 0.333. The third-order valence-electron chi connectivity index (χ3n) is 3.92. The Morgan fingerprint density at radius 3 is 2.46 bits per heavy atom. The van der Waals surface area contributed by atoms with Gasteiger partial charge in [0.25, 0.3) is 0 Å². The molecule has 0 aliphatic heterocycles. The Morgan fingerprint density at radius 2 is 1.88 bits per heavy atom. The van der Waals surface area contributed by atoms with Crippen molar-refractivity contribution in [3.05, 3.63) is 46.6 Å². The van der Waals surface area contributed by atoms with Gasteiger partial charge in [-0.1, -0.05) is 6.07 Å². The lowest BCUT2D eigenvalue weighted by molar-refractivity contribution is 0.0697. The van der Waals surface area contributed by atoms with Gasteiger partial charge in [0.05, 0.1) is 20.3 Å². The second kappa shape index (κ2) is 7.21. The minimum absolute atomic E-state index is 0.144. The number of aromatic nitrogens is 1. The van der Waals surface area contributed by atoms with Crippen molar-refractivity contribution in [1.82, 2.24) is 4.98 Å². The second-order valence-corrected chi connectivity index (χ2v) is 5.54. The zero-order valence-corrected chi connectivity index (χ0v) is 14.5. The fourth-order valence-corrected chi connectivity index (χ4v) is 2.69. The summed E-state index contributed by atoms with van der Waals surface area (Å²) in [6.07, 6.45) is 0. The van der Waals surface area contributed by atoms with Crippen LogP contribution in [0, 0.1) is 13.8 Å². The Bertz CT molecular complexity index is 759. The lowest BCUT2D eigenvalue weighted by atomic mass is 10.0. The van der Waals surface area contributed by atoms with Crippen LogP contribution in [0.2, 0.25) is 0 Å². The molecule has 1 atom stereocenters. The van der Waals surface area contributed by atoms with Crippen molar-refractivity contribution >= 4 is 11.8 Å². The summed E-state index contributed by atoms with van der Waals surface area (Å²) in [5, 5.41) is 12.5. The van der Waals surface area contributed by atoms with Crippen molar-refractivity contribution in [3.63, 3.8) is 0 Å². The van der Waals surface area contributed by atoms with Crippen LogP contribution in [-0.4, -0.2) is 30.3 Å². The van der Waals surface area contributed by atoms with Gasteiger partial charge in [0.2, 0.25) is 0 Å². The second-order valence-electron chi connectivity index (χ2n) is 5.54. The molecule has 0 saturated heterocycles. The molecule has 0 aliphatic rings. The van der Waals surface area contributed by atoms with Crippen LogP contribution in [-0.2, 0) is 0 Å². The van der Waals surface area contributed by atoms with Gasteiger partial charge < -0.3 is 19.9 Å². The van der Waals surface area contributed by atoms with E-state index in [4.69, 9.17) is 9.47 Å². The topological polar surface area (TPSA) is 80.7 Å². The van der Waals surface area contributed by atoms with Gasteiger partial charge in [0.1, 0.15) is 11.4 Å². The quantitative estimate of drug-likeness (QED) is 0.842. The number of aryl methyl sites for hydroxylation is 1. The molecule has 24 heavy (non-hydrogen) atoms. The largest absolute Gasteiger partial charge is 0.493 e. The number of hydrogen-bond acceptors (Lipinski definition) is 5. The first-order chi connectivity index (χ1) is 11.4. The predicted molar refractivity (Wildman–Crippen MR) is 92.3 cm³/mol. The van der Waals surface area contributed by atoms with E-state index in [0.717, 1.165) is 16.8 Å². The Balaban J connectivity index is 2.39. The highest BCUT2D eigenvalue weighted by molar-refractivity contribution is 5.93.